The molecular formula is C20H22F4N2O. The van der Waals surface area contributed by atoms with Crippen molar-refractivity contribution in [3.05, 3.63) is 70.8 Å². The third kappa shape index (κ3) is 4.66. The van der Waals surface area contributed by atoms with Gasteiger partial charge in [0.15, 0.2) is 11.6 Å². The van der Waals surface area contributed by atoms with Crippen molar-refractivity contribution < 1.29 is 22.7 Å². The van der Waals surface area contributed by atoms with E-state index in [1.165, 1.54) is 6.07 Å². The van der Waals surface area contributed by atoms with Crippen LogP contribution in [0.15, 0.2) is 36.4 Å². The van der Waals surface area contributed by atoms with Gasteiger partial charge in [-0.25, -0.2) is 17.6 Å². The molecule has 1 fully saturated rings. The van der Waals surface area contributed by atoms with Gasteiger partial charge in [-0.15, -0.1) is 0 Å². The Morgan fingerprint density at radius 1 is 0.889 bits per heavy atom. The van der Waals surface area contributed by atoms with Crippen molar-refractivity contribution in [3.8, 4) is 0 Å². The van der Waals surface area contributed by atoms with Gasteiger partial charge in [-0.2, -0.15) is 0 Å². The molecule has 0 radical (unpaired) electrons. The van der Waals surface area contributed by atoms with Crippen molar-refractivity contribution in [1.29, 1.82) is 0 Å². The molecule has 1 aliphatic heterocycles. The van der Waals surface area contributed by atoms with Crippen molar-refractivity contribution in [2.75, 3.05) is 26.2 Å². The quantitative estimate of drug-likeness (QED) is 0.613. The van der Waals surface area contributed by atoms with E-state index in [1.54, 1.807) is 18.2 Å². The van der Waals surface area contributed by atoms with Crippen molar-refractivity contribution in [2.24, 2.45) is 0 Å². The summed E-state index contributed by atoms with van der Waals surface area (Å²) < 4.78 is 55.2. The lowest BCUT2D eigenvalue weighted by atomic mass is 10.1. The van der Waals surface area contributed by atoms with Crippen LogP contribution in [0.25, 0.3) is 0 Å². The van der Waals surface area contributed by atoms with E-state index in [-0.39, 0.29) is 30.6 Å². The largest absolute Gasteiger partial charge is 0.396 e. The van der Waals surface area contributed by atoms with E-state index < -0.39 is 17.5 Å². The van der Waals surface area contributed by atoms with Crippen LogP contribution in [0.5, 0.6) is 0 Å². The van der Waals surface area contributed by atoms with E-state index in [0.29, 0.717) is 38.2 Å². The molecule has 1 heterocycles. The first kappa shape index (κ1) is 19.8. The van der Waals surface area contributed by atoms with E-state index in [0.717, 1.165) is 12.1 Å². The molecule has 146 valence electrons. The fraction of sp³-hybridized carbons (Fsp3) is 0.400. The van der Waals surface area contributed by atoms with Gasteiger partial charge in [0, 0.05) is 56.5 Å². The van der Waals surface area contributed by atoms with E-state index in [4.69, 9.17) is 0 Å². The summed E-state index contributed by atoms with van der Waals surface area (Å²) in [6.45, 7) is 1.81. The van der Waals surface area contributed by atoms with Gasteiger partial charge in [-0.1, -0.05) is 18.2 Å². The molecule has 2 aromatic rings. The molecule has 27 heavy (non-hydrogen) atoms. The Morgan fingerprint density at radius 3 is 2.37 bits per heavy atom. The molecule has 0 bridgehead atoms. The minimum atomic E-state index is -1.16. The normalized spacial score (nSPS) is 18.8. The molecular weight excluding hydrogens is 360 g/mol. The summed E-state index contributed by atoms with van der Waals surface area (Å²) in [5.41, 5.74) is 0.274. The highest BCUT2D eigenvalue weighted by Gasteiger charge is 2.28. The van der Waals surface area contributed by atoms with Gasteiger partial charge < -0.3 is 5.11 Å². The van der Waals surface area contributed by atoms with Gasteiger partial charge in [-0.05, 0) is 24.6 Å². The van der Waals surface area contributed by atoms with E-state index in [1.807, 2.05) is 4.90 Å². The second-order valence-electron chi connectivity index (χ2n) is 6.78. The Labute approximate surface area is 155 Å². The number of rotatable bonds is 6. The van der Waals surface area contributed by atoms with Gasteiger partial charge >= 0.3 is 0 Å². The summed E-state index contributed by atoms with van der Waals surface area (Å²) >= 11 is 0. The van der Waals surface area contributed by atoms with Crippen LogP contribution in [0.1, 0.15) is 17.5 Å². The summed E-state index contributed by atoms with van der Waals surface area (Å²) in [5.74, 6) is -3.30. The maximum absolute atomic E-state index is 13.9. The second-order valence-corrected chi connectivity index (χ2v) is 6.78. The SMILES string of the molecule is OCC[C@H]1CN(Cc2c(F)ccc(F)c2F)CCN1Cc1ccccc1F. The fourth-order valence-electron chi connectivity index (χ4n) is 3.51. The van der Waals surface area contributed by atoms with Crippen LogP contribution >= 0.6 is 0 Å². The average molecular weight is 382 g/mol. The first-order valence-corrected chi connectivity index (χ1v) is 8.92. The maximum atomic E-state index is 13.9. The number of halogens is 4. The average Bonchev–Trinajstić information content (AvgIpc) is 2.66. The molecule has 2 aromatic carbocycles. The lowest BCUT2D eigenvalue weighted by Gasteiger charge is -2.41. The highest BCUT2D eigenvalue weighted by atomic mass is 19.2. The molecule has 7 heteroatoms. The van der Waals surface area contributed by atoms with Crippen molar-refractivity contribution >= 4 is 0 Å². The number of nitrogens with zero attached hydrogens (tertiary/aromatic N) is 2. The predicted molar refractivity (Wildman–Crippen MR) is 93.9 cm³/mol. The topological polar surface area (TPSA) is 26.7 Å². The molecule has 0 aliphatic carbocycles. The summed E-state index contributed by atoms with van der Waals surface area (Å²) in [6, 6.07) is 8.12. The minimum Gasteiger partial charge on any atom is -0.396 e. The molecule has 0 aromatic heterocycles. The van der Waals surface area contributed by atoms with Gasteiger partial charge in [0.25, 0.3) is 0 Å². The number of aliphatic hydroxyl groups excluding tert-OH is 1. The minimum absolute atomic E-state index is 0.0467. The maximum Gasteiger partial charge on any atom is 0.166 e. The van der Waals surface area contributed by atoms with Crippen molar-refractivity contribution in [3.63, 3.8) is 0 Å². The Bertz CT molecular complexity index is 787. The molecule has 0 saturated carbocycles. The summed E-state index contributed by atoms with van der Waals surface area (Å²) in [5, 5.41) is 9.37. The molecule has 0 unspecified atom stereocenters. The summed E-state index contributed by atoms with van der Waals surface area (Å²) in [6.07, 6.45) is 0.457. The lowest BCUT2D eigenvalue weighted by Crippen LogP contribution is -2.52. The second kappa shape index (κ2) is 8.82. The molecule has 1 aliphatic rings. The van der Waals surface area contributed by atoms with Crippen molar-refractivity contribution in [2.45, 2.75) is 25.6 Å². The smallest absolute Gasteiger partial charge is 0.166 e. The van der Waals surface area contributed by atoms with Crippen LogP contribution < -0.4 is 0 Å². The third-order valence-electron chi connectivity index (χ3n) is 5.00. The number of piperazine rings is 1. The highest BCUT2D eigenvalue weighted by molar-refractivity contribution is 5.21. The Hall–Kier alpha value is -1.96. The summed E-state index contributed by atoms with van der Waals surface area (Å²) in [4.78, 5) is 3.89. The summed E-state index contributed by atoms with van der Waals surface area (Å²) in [7, 11) is 0. The number of aliphatic hydroxyl groups is 1. The van der Waals surface area contributed by atoms with Gasteiger partial charge in [0.2, 0.25) is 0 Å². The van der Waals surface area contributed by atoms with Crippen LogP contribution in [0.4, 0.5) is 17.6 Å². The monoisotopic (exact) mass is 382 g/mol. The Morgan fingerprint density at radius 2 is 1.63 bits per heavy atom. The molecule has 3 nitrogen and oxygen atoms in total. The first-order valence-electron chi connectivity index (χ1n) is 8.92. The zero-order chi connectivity index (χ0) is 19.4. The van der Waals surface area contributed by atoms with E-state index in [2.05, 4.69) is 4.90 Å². The number of benzene rings is 2. The zero-order valence-corrected chi connectivity index (χ0v) is 14.8. The van der Waals surface area contributed by atoms with Crippen LogP contribution in [-0.2, 0) is 13.1 Å². The van der Waals surface area contributed by atoms with Crippen LogP contribution in [0.2, 0.25) is 0 Å². The predicted octanol–water partition coefficient (Wildman–Crippen LogP) is 3.31. The number of hydrogen-bond donors (Lipinski definition) is 1. The Balaban J connectivity index is 1.71. The molecule has 1 N–H and O–H groups in total. The van der Waals surface area contributed by atoms with Crippen LogP contribution in [0, 0.1) is 23.3 Å². The molecule has 1 saturated heterocycles. The van der Waals surface area contributed by atoms with Gasteiger partial charge in [0.05, 0.1) is 0 Å². The van der Waals surface area contributed by atoms with E-state index in [9.17, 15) is 22.7 Å². The molecule has 3 rings (SSSR count). The zero-order valence-electron chi connectivity index (χ0n) is 14.8. The first-order chi connectivity index (χ1) is 13.0. The number of hydrogen-bond acceptors (Lipinski definition) is 3. The fourth-order valence-corrected chi connectivity index (χ4v) is 3.51. The standard InChI is InChI=1S/C20H22F4N2O/c21-17-4-2-1-3-14(17)11-26-9-8-25(12-15(26)7-10-27)13-16-18(22)5-6-19(23)20(16)24/h1-6,15,27H,7-13H2/t15-/m0/s1. The third-order valence-corrected chi connectivity index (χ3v) is 5.00. The van der Waals surface area contributed by atoms with Crippen molar-refractivity contribution in [1.82, 2.24) is 9.80 Å². The lowest BCUT2D eigenvalue weighted by molar-refractivity contribution is 0.0481. The van der Waals surface area contributed by atoms with Crippen LogP contribution in [-0.4, -0.2) is 47.2 Å². The molecule has 0 amide bonds. The van der Waals surface area contributed by atoms with E-state index >= 15 is 0 Å². The Kier molecular flexibility index (Phi) is 6.46. The van der Waals surface area contributed by atoms with Gasteiger partial charge in [-0.3, -0.25) is 9.80 Å². The molecule has 0 spiro atoms. The van der Waals surface area contributed by atoms with Gasteiger partial charge in [0.1, 0.15) is 11.6 Å². The molecule has 1 atom stereocenters. The van der Waals surface area contributed by atoms with Crippen LogP contribution in [0.3, 0.4) is 0 Å². The highest BCUT2D eigenvalue weighted by Crippen LogP contribution is 2.22.